The number of nitrogens with zero attached hydrogens (tertiary/aromatic N) is 12. The van der Waals surface area contributed by atoms with Crippen LogP contribution < -0.4 is 0 Å². The number of aromatic nitrogens is 12. The van der Waals surface area contributed by atoms with E-state index in [1.165, 1.54) is 63.3 Å². The van der Waals surface area contributed by atoms with Gasteiger partial charge in [-0.15, -0.1) is 11.3 Å². The number of fused-ring (bicyclic) bond motifs is 9. The molecule has 0 N–H and O–H groups in total. The average molecular weight is 1590 g/mol. The predicted molar refractivity (Wildman–Crippen MR) is 505 cm³/mol. The summed E-state index contributed by atoms with van der Waals surface area (Å²) in [6.45, 7) is 0. The third-order valence-corrected chi connectivity index (χ3v) is 25.4. The fraction of sp³-hybridized carbons (Fsp3) is 0. The van der Waals surface area contributed by atoms with E-state index < -0.39 is 0 Å². The van der Waals surface area contributed by atoms with Gasteiger partial charge in [-0.25, -0.2) is 39.9 Å². The van der Waals surface area contributed by atoms with Gasteiger partial charge in [-0.2, -0.15) is 0 Å². The van der Waals surface area contributed by atoms with Gasteiger partial charge in [0.15, 0.2) is 34.9 Å². The van der Waals surface area contributed by atoms with Gasteiger partial charge in [0.25, 0.3) is 0 Å². The first-order valence-corrected chi connectivity index (χ1v) is 42.1. The largest absolute Gasteiger partial charge is 0.309 e. The van der Waals surface area contributed by atoms with Crippen LogP contribution in [0.3, 0.4) is 0 Å². The van der Waals surface area contributed by atoms with Crippen molar-refractivity contribution < 1.29 is 0 Å². The second-order valence-electron chi connectivity index (χ2n) is 31.3. The Bertz CT molecular complexity index is 8520. The highest BCUT2D eigenvalue weighted by atomic mass is 32.1. The van der Waals surface area contributed by atoms with Gasteiger partial charge in [-0.3, -0.25) is 8.80 Å². The summed E-state index contributed by atoms with van der Waals surface area (Å²) in [6, 6.07) is 141. The molecule has 0 radical (unpaired) electrons. The first-order valence-electron chi connectivity index (χ1n) is 41.3. The van der Waals surface area contributed by atoms with Crippen LogP contribution in [0.5, 0.6) is 0 Å². The zero-order valence-electron chi connectivity index (χ0n) is 65.9. The fourth-order valence-electron chi connectivity index (χ4n) is 18.6. The molecule has 0 spiro atoms. The molecule has 0 amide bonds. The summed E-state index contributed by atoms with van der Waals surface area (Å²) >= 11 is 1.81. The monoisotopic (exact) mass is 1590 g/mol. The smallest absolute Gasteiger partial charge is 0.164 e. The van der Waals surface area contributed by atoms with E-state index in [2.05, 4.69) is 388 Å². The molecule has 0 aliphatic heterocycles. The predicted octanol–water partition coefficient (Wildman–Crippen LogP) is 27.8. The highest BCUT2D eigenvalue weighted by Crippen LogP contribution is 2.48. The van der Waals surface area contributed by atoms with Gasteiger partial charge in [0, 0.05) is 108 Å². The number of hydrogen-bond donors (Lipinski definition) is 0. The van der Waals surface area contributed by atoms with Crippen molar-refractivity contribution in [2.75, 3.05) is 0 Å². The molecule has 0 aliphatic carbocycles. The van der Waals surface area contributed by atoms with Crippen molar-refractivity contribution in [2.24, 2.45) is 0 Å². The van der Waals surface area contributed by atoms with Gasteiger partial charge < -0.3 is 9.13 Å². The minimum absolute atomic E-state index is 0.611. The molecule has 0 aliphatic rings. The molecule has 123 heavy (non-hydrogen) atoms. The van der Waals surface area contributed by atoms with E-state index in [4.69, 9.17) is 39.9 Å². The second-order valence-corrected chi connectivity index (χ2v) is 32.4. The number of rotatable bonds is 12. The molecular weight excluding hydrogens is 1520 g/mol. The molecule has 0 fully saturated rings. The topological polar surface area (TPSA) is 122 Å². The molecule has 26 rings (SSSR count). The second kappa shape index (κ2) is 28.1. The highest BCUT2D eigenvalue weighted by molar-refractivity contribution is 7.25. The van der Waals surface area contributed by atoms with Crippen LogP contribution in [0.4, 0.5) is 0 Å². The summed E-state index contributed by atoms with van der Waals surface area (Å²) in [5.74, 6) is 5.65. The van der Waals surface area contributed by atoms with Gasteiger partial charge in [0.2, 0.25) is 0 Å². The van der Waals surface area contributed by atoms with Crippen LogP contribution in [0.15, 0.2) is 400 Å². The molecule has 17 aromatic carbocycles. The molecule has 9 heterocycles. The third kappa shape index (κ3) is 11.4. The van der Waals surface area contributed by atoms with Crippen LogP contribution in [0.25, 0.3) is 243 Å². The molecular formula is C110H66N12S. The van der Waals surface area contributed by atoms with Crippen molar-refractivity contribution in [2.45, 2.75) is 0 Å². The summed E-state index contributed by atoms with van der Waals surface area (Å²) in [6.07, 6.45) is 0. The summed E-state index contributed by atoms with van der Waals surface area (Å²) in [5.41, 5.74) is 25.4. The number of para-hydroxylation sites is 2. The van der Waals surface area contributed by atoms with Gasteiger partial charge in [-0.1, -0.05) is 279 Å². The first-order chi connectivity index (χ1) is 61.0. The summed E-state index contributed by atoms with van der Waals surface area (Å²) in [5, 5.41) is 12.1. The Hall–Kier alpha value is -16.5. The number of benzene rings is 17. The van der Waals surface area contributed by atoms with Crippen molar-refractivity contribution in [1.82, 2.24) is 57.8 Å². The van der Waals surface area contributed by atoms with Crippen molar-refractivity contribution in [3.63, 3.8) is 0 Å². The van der Waals surface area contributed by atoms with Crippen molar-refractivity contribution >= 4 is 130 Å². The Kier molecular flexibility index (Phi) is 15.9. The van der Waals surface area contributed by atoms with Crippen LogP contribution in [-0.4, -0.2) is 57.8 Å². The lowest BCUT2D eigenvalue weighted by Crippen LogP contribution is -2.01. The molecule has 0 bridgehead atoms. The van der Waals surface area contributed by atoms with Crippen LogP contribution in [0.1, 0.15) is 0 Å². The minimum atomic E-state index is 0.611. The van der Waals surface area contributed by atoms with Crippen LogP contribution in [-0.2, 0) is 0 Å². The Labute approximate surface area is 707 Å². The van der Waals surface area contributed by atoms with E-state index in [-0.39, 0.29) is 0 Å². The zero-order chi connectivity index (χ0) is 80.7. The van der Waals surface area contributed by atoms with Crippen LogP contribution in [0, 0.1) is 0 Å². The quantitative estimate of drug-likeness (QED) is 0.119. The van der Waals surface area contributed by atoms with E-state index in [0.717, 1.165) is 145 Å². The standard InChI is InChI=1S/C58H36N6.C52H30N6S/c1-4-13-37(14-5-1)39-23-27-41(28-24-39)55-60-56(42-29-25-40(26-30-42)38-15-6-2-7-16-38)62-57(61-55)43-31-33-45(34-32-43)63-50-22-12-20-47-46-19-10-11-21-49(46)64-54-48(35-36-51(63)53(54)52(47)50)59-58(64)44-17-8-3-9-18-44;1-3-12-31(13-4-1)49-54-50(56-51(55-49)34-24-29-45-39(30-34)37-17-8-10-21-44(37)59-45)32-22-25-35(26-23-32)57-42-20-11-18-38-36-16-7-9-19-41(36)58-48-40(27-28-43(57)47(48)46(38)42)53-52(58)33-14-5-2-6-15-33/h1-36H;1-30H. The zero-order valence-corrected chi connectivity index (χ0v) is 66.7. The van der Waals surface area contributed by atoms with E-state index in [1.54, 1.807) is 0 Å². The number of thiophene rings is 1. The van der Waals surface area contributed by atoms with E-state index in [9.17, 15) is 0 Å². The molecule has 0 unspecified atom stereocenters. The molecule has 572 valence electrons. The maximum Gasteiger partial charge on any atom is 0.164 e. The van der Waals surface area contributed by atoms with E-state index in [1.807, 2.05) is 41.7 Å². The summed E-state index contributed by atoms with van der Waals surface area (Å²) in [4.78, 5) is 41.2. The van der Waals surface area contributed by atoms with Gasteiger partial charge in [0.1, 0.15) is 11.6 Å². The molecule has 0 atom stereocenters. The molecule has 12 nitrogen and oxygen atoms in total. The SMILES string of the molecule is c1ccc(-c2ccc(-c3nc(-c4ccc(-c5ccccc5)cc4)nc(-c4ccc(-n5c6cccc7c8ccccc8n8c(-c9ccccc9)nc9ccc5c(c76)c98)cc4)n3)cc2)cc1.c1ccc(-c2nc(-c3ccc(-n4c5cccc6c7ccccc7n7c(-c8ccccc8)nc8ccc4c(c65)c87)cc3)nc(-c3ccc4sc5ccccc5c4c3)n2)cc1. The lowest BCUT2D eigenvalue weighted by Gasteiger charge is -2.12. The molecule has 26 aromatic rings. The third-order valence-electron chi connectivity index (χ3n) is 24.3. The van der Waals surface area contributed by atoms with E-state index in [0.29, 0.717) is 34.9 Å². The lowest BCUT2D eigenvalue weighted by molar-refractivity contribution is 1.07. The Morgan fingerprint density at radius 1 is 0.179 bits per heavy atom. The van der Waals surface area contributed by atoms with Crippen molar-refractivity contribution in [3.05, 3.63) is 400 Å². The van der Waals surface area contributed by atoms with E-state index >= 15 is 0 Å². The summed E-state index contributed by atoms with van der Waals surface area (Å²) < 4.78 is 12.0. The molecule has 13 heteroatoms. The Morgan fingerprint density at radius 3 is 0.894 bits per heavy atom. The summed E-state index contributed by atoms with van der Waals surface area (Å²) in [7, 11) is 0. The van der Waals surface area contributed by atoms with Crippen LogP contribution >= 0.6 is 11.3 Å². The highest BCUT2D eigenvalue weighted by Gasteiger charge is 2.28. The Morgan fingerprint density at radius 2 is 0.472 bits per heavy atom. The first kappa shape index (κ1) is 69.6. The lowest BCUT2D eigenvalue weighted by atomic mass is 10.0. The van der Waals surface area contributed by atoms with Gasteiger partial charge >= 0.3 is 0 Å². The van der Waals surface area contributed by atoms with Gasteiger partial charge in [0.05, 0.1) is 55.2 Å². The van der Waals surface area contributed by atoms with Crippen molar-refractivity contribution in [1.29, 1.82) is 0 Å². The number of imidazole rings is 2. The van der Waals surface area contributed by atoms with Crippen LogP contribution in [0.2, 0.25) is 0 Å². The minimum Gasteiger partial charge on any atom is -0.309 e. The van der Waals surface area contributed by atoms with Crippen molar-refractivity contribution in [3.8, 4) is 125 Å². The normalized spacial score (nSPS) is 11.9. The fourth-order valence-corrected chi connectivity index (χ4v) is 19.7. The maximum absolute atomic E-state index is 5.29. The molecule has 0 saturated heterocycles. The Balaban J connectivity index is 0.000000136. The molecule has 0 saturated carbocycles. The average Bonchev–Trinajstić information content (AvgIpc) is 1.53. The number of hydrogen-bond acceptors (Lipinski definition) is 9. The van der Waals surface area contributed by atoms with Gasteiger partial charge in [-0.05, 0) is 154 Å². The maximum atomic E-state index is 5.29. The molecule has 9 aromatic heterocycles.